The topological polar surface area (TPSA) is 118 Å². The minimum Gasteiger partial charge on any atom is -0.490 e. The van der Waals surface area contributed by atoms with Gasteiger partial charge in [0.05, 0.1) is 29.9 Å². The van der Waals surface area contributed by atoms with E-state index in [1.54, 1.807) is 24.3 Å². The first-order valence-corrected chi connectivity index (χ1v) is 24.5. The van der Waals surface area contributed by atoms with Crippen LogP contribution in [-0.4, -0.2) is 91.0 Å². The first-order valence-electron chi connectivity index (χ1n) is 24.5. The summed E-state index contributed by atoms with van der Waals surface area (Å²) in [5.41, 5.74) is 7.54. The van der Waals surface area contributed by atoms with Crippen LogP contribution in [0, 0.1) is 5.82 Å². The van der Waals surface area contributed by atoms with Crippen LogP contribution < -0.4 is 19.7 Å². The molecule has 5 aromatic carbocycles. The number of aryl methyl sites for hydroxylation is 1. The maximum absolute atomic E-state index is 14.0. The molecule has 5 aliphatic rings. The van der Waals surface area contributed by atoms with E-state index in [2.05, 4.69) is 69.7 Å². The van der Waals surface area contributed by atoms with Gasteiger partial charge in [0.1, 0.15) is 30.0 Å². The normalized spacial score (nSPS) is 22.7. The number of hydrogen-bond acceptors (Lipinski definition) is 9. The number of carbonyl (C=O) groups is 4. The molecule has 11 nitrogen and oxygen atoms in total. The van der Waals surface area contributed by atoms with Crippen molar-refractivity contribution >= 4 is 29.3 Å². The van der Waals surface area contributed by atoms with Crippen molar-refractivity contribution in [2.75, 3.05) is 44.2 Å². The Hall–Kier alpha value is -6.37. The van der Waals surface area contributed by atoms with Crippen molar-refractivity contribution in [3.63, 3.8) is 0 Å². The summed E-state index contributed by atoms with van der Waals surface area (Å²) in [5.74, 6) is -0.142. The molecule has 68 heavy (non-hydrogen) atoms. The molecule has 3 fully saturated rings. The number of piperazine rings is 1. The Morgan fingerprint density at radius 3 is 2.09 bits per heavy atom. The number of nitrogens with one attached hydrogen (secondary N) is 1. The summed E-state index contributed by atoms with van der Waals surface area (Å²) in [6.45, 7) is 9.26. The van der Waals surface area contributed by atoms with E-state index < -0.39 is 29.7 Å². The third-order valence-electron chi connectivity index (χ3n) is 14.2. The van der Waals surface area contributed by atoms with Crippen molar-refractivity contribution in [2.45, 2.75) is 102 Å². The Balaban J connectivity index is 0.00000285. The Labute approximate surface area is 398 Å². The van der Waals surface area contributed by atoms with Crippen molar-refractivity contribution in [1.29, 1.82) is 0 Å². The lowest BCUT2D eigenvalue weighted by Gasteiger charge is -2.36. The first kappa shape index (κ1) is 46.7. The van der Waals surface area contributed by atoms with Crippen molar-refractivity contribution in [1.82, 2.24) is 15.1 Å². The molecule has 0 radical (unpaired) electrons. The van der Waals surface area contributed by atoms with Gasteiger partial charge in [-0.3, -0.25) is 34.3 Å². The second kappa shape index (κ2) is 21.3. The van der Waals surface area contributed by atoms with Crippen LogP contribution in [0.3, 0.4) is 0 Å². The Morgan fingerprint density at radius 1 is 0.662 bits per heavy atom. The largest absolute Gasteiger partial charge is 0.490 e. The SMILES string of the molecule is CC.O=C1CCC(N2C(=O)c3ccc(N4CCN(CCOC5CCC(Oc6ccc(C7c8ccc(OCc9ccccc9)cc8CC[C@@H]7c7ccc(F)cc7)cc6)CC5)CC4)cc3C2=O)C(=O)N1. The highest BCUT2D eigenvalue weighted by molar-refractivity contribution is 6.23. The molecule has 354 valence electrons. The van der Waals surface area contributed by atoms with Gasteiger partial charge >= 0.3 is 0 Å². The highest BCUT2D eigenvalue weighted by atomic mass is 19.1. The van der Waals surface area contributed by atoms with E-state index in [0.29, 0.717) is 24.3 Å². The van der Waals surface area contributed by atoms with Crippen molar-refractivity contribution in [2.24, 2.45) is 0 Å². The molecule has 0 spiro atoms. The molecule has 0 aromatic heterocycles. The quantitative estimate of drug-likeness (QED) is 0.115. The van der Waals surface area contributed by atoms with Crippen LogP contribution in [0.4, 0.5) is 10.1 Å². The van der Waals surface area contributed by atoms with Crippen LogP contribution in [0.25, 0.3) is 0 Å². The number of carbonyl (C=O) groups excluding carboxylic acids is 4. The summed E-state index contributed by atoms with van der Waals surface area (Å²) in [6, 6.07) is 36.7. The zero-order valence-electron chi connectivity index (χ0n) is 39.0. The molecule has 12 heteroatoms. The summed E-state index contributed by atoms with van der Waals surface area (Å²) < 4.78 is 33.2. The van der Waals surface area contributed by atoms with E-state index in [1.165, 1.54) is 16.7 Å². The zero-order chi connectivity index (χ0) is 47.1. The molecule has 2 saturated heterocycles. The van der Waals surface area contributed by atoms with Gasteiger partial charge in [-0.2, -0.15) is 0 Å². The highest BCUT2D eigenvalue weighted by Gasteiger charge is 2.45. The third kappa shape index (κ3) is 10.4. The molecule has 1 N–H and O–H groups in total. The molecule has 10 rings (SSSR count). The lowest BCUT2D eigenvalue weighted by atomic mass is 9.69. The summed E-state index contributed by atoms with van der Waals surface area (Å²) >= 11 is 0. The van der Waals surface area contributed by atoms with Gasteiger partial charge in [0.2, 0.25) is 11.8 Å². The van der Waals surface area contributed by atoms with Gasteiger partial charge < -0.3 is 19.1 Å². The molecule has 2 unspecified atom stereocenters. The van der Waals surface area contributed by atoms with Crippen LogP contribution in [0.15, 0.2) is 115 Å². The summed E-state index contributed by atoms with van der Waals surface area (Å²) in [4.78, 5) is 56.2. The molecule has 3 atom stereocenters. The fourth-order valence-electron chi connectivity index (χ4n) is 10.6. The second-order valence-corrected chi connectivity index (χ2v) is 18.3. The molecular formula is C56H61FN4O7. The fraction of sp³-hybridized carbons (Fsp3) is 0.393. The number of rotatable bonds is 13. The molecule has 3 heterocycles. The summed E-state index contributed by atoms with van der Waals surface area (Å²) in [6.07, 6.45) is 6.21. The Bertz CT molecular complexity index is 2570. The lowest BCUT2D eigenvalue weighted by Crippen LogP contribution is -2.54. The number of benzene rings is 5. The predicted molar refractivity (Wildman–Crippen MR) is 259 cm³/mol. The van der Waals surface area contributed by atoms with Crippen LogP contribution in [-0.2, 0) is 27.4 Å². The van der Waals surface area contributed by atoms with E-state index in [1.807, 2.05) is 50.2 Å². The van der Waals surface area contributed by atoms with E-state index in [4.69, 9.17) is 14.2 Å². The third-order valence-corrected chi connectivity index (χ3v) is 14.2. The maximum atomic E-state index is 14.0. The average Bonchev–Trinajstić information content (AvgIpc) is 3.62. The predicted octanol–water partition coefficient (Wildman–Crippen LogP) is 9.22. The van der Waals surface area contributed by atoms with Gasteiger partial charge in [-0.1, -0.05) is 74.5 Å². The van der Waals surface area contributed by atoms with Gasteiger partial charge in [0.15, 0.2) is 0 Å². The molecular weight excluding hydrogens is 860 g/mol. The first-order chi connectivity index (χ1) is 33.2. The summed E-state index contributed by atoms with van der Waals surface area (Å²) in [7, 11) is 0. The van der Waals surface area contributed by atoms with Crippen LogP contribution in [0.2, 0.25) is 0 Å². The van der Waals surface area contributed by atoms with E-state index >= 15 is 0 Å². The molecule has 4 amide bonds. The van der Waals surface area contributed by atoms with Gasteiger partial charge in [-0.15, -0.1) is 0 Å². The van der Waals surface area contributed by atoms with E-state index in [-0.39, 0.29) is 42.7 Å². The molecule has 0 bridgehead atoms. The molecule has 1 saturated carbocycles. The smallest absolute Gasteiger partial charge is 0.262 e. The van der Waals surface area contributed by atoms with Gasteiger partial charge in [-0.05, 0) is 133 Å². The second-order valence-electron chi connectivity index (χ2n) is 18.3. The summed E-state index contributed by atoms with van der Waals surface area (Å²) in [5, 5.41) is 2.25. The highest BCUT2D eigenvalue weighted by Crippen LogP contribution is 2.47. The van der Waals surface area contributed by atoms with E-state index in [9.17, 15) is 23.6 Å². The molecule has 2 aliphatic carbocycles. The minimum atomic E-state index is -0.976. The minimum absolute atomic E-state index is 0.0906. The van der Waals surface area contributed by atoms with Crippen LogP contribution >= 0.6 is 0 Å². The molecule has 5 aromatic rings. The number of halogens is 1. The molecule has 3 aliphatic heterocycles. The standard InChI is InChI=1S/C54H55FN4O7.C2H6/c55-39-11-6-36(7-12-39)45-21-10-38-32-44(65-34-35-4-2-1-3-5-35)20-23-46(38)51(45)37-8-14-42(15-9-37)66-43-18-16-41(17-19-43)64-31-30-57-26-28-58(29-27-57)40-13-22-47-48(33-40)54(63)59(53(47)62)49-24-25-50(60)56-52(49)61;1-2/h1-9,11-15,20,22-23,32-33,41,43,45,49,51H,10,16-19,21,24-31,34H2,(H,56,60,61);1-2H3/t41?,43?,45-,49?,51?;/m1./s1. The number of nitrogens with zero attached hydrogens (tertiary/aromatic N) is 3. The zero-order valence-corrected chi connectivity index (χ0v) is 39.0. The fourth-order valence-corrected chi connectivity index (χ4v) is 10.6. The number of ether oxygens (including phenoxy) is 3. The number of amides is 4. The monoisotopic (exact) mass is 920 g/mol. The van der Waals surface area contributed by atoms with Crippen molar-refractivity contribution in [3.8, 4) is 11.5 Å². The lowest BCUT2D eigenvalue weighted by molar-refractivity contribution is -0.136. The number of anilines is 1. The maximum Gasteiger partial charge on any atom is 0.262 e. The Kier molecular flexibility index (Phi) is 14.6. The van der Waals surface area contributed by atoms with Crippen molar-refractivity contribution < 1.29 is 37.8 Å². The van der Waals surface area contributed by atoms with Crippen LogP contribution in [0.1, 0.15) is 119 Å². The van der Waals surface area contributed by atoms with Crippen molar-refractivity contribution in [3.05, 3.63) is 160 Å². The number of hydrogen-bond donors (Lipinski definition) is 1. The average molecular weight is 921 g/mol. The number of fused-ring (bicyclic) bond motifs is 2. The van der Waals surface area contributed by atoms with E-state index in [0.717, 1.165) is 104 Å². The van der Waals surface area contributed by atoms with Gasteiger partial charge in [0.25, 0.3) is 11.8 Å². The van der Waals surface area contributed by atoms with Crippen LogP contribution in [0.5, 0.6) is 11.5 Å². The number of piperidine rings is 1. The van der Waals surface area contributed by atoms with Gasteiger partial charge in [-0.25, -0.2) is 4.39 Å². The van der Waals surface area contributed by atoms with Gasteiger partial charge in [0, 0.05) is 50.7 Å². The number of imide groups is 2. The Morgan fingerprint density at radius 2 is 1.35 bits per heavy atom.